The lowest BCUT2D eigenvalue weighted by atomic mass is 9.84. The summed E-state index contributed by atoms with van der Waals surface area (Å²) in [5, 5.41) is 11.8. The molecule has 0 saturated heterocycles. The summed E-state index contributed by atoms with van der Waals surface area (Å²) in [6.45, 7) is 2.17. The van der Waals surface area contributed by atoms with Crippen LogP contribution in [0.1, 0.15) is 10.4 Å². The van der Waals surface area contributed by atoms with Crippen LogP contribution >= 0.6 is 27.5 Å². The third-order valence-corrected chi connectivity index (χ3v) is 4.52. The lowest BCUT2D eigenvalue weighted by molar-refractivity contribution is 0.0601. The van der Waals surface area contributed by atoms with Crippen molar-refractivity contribution in [2.24, 2.45) is 0 Å². The van der Waals surface area contributed by atoms with Gasteiger partial charge in [0.2, 0.25) is 0 Å². The van der Waals surface area contributed by atoms with E-state index in [1.807, 2.05) is 18.2 Å². The maximum Gasteiger partial charge on any atom is 0.409 e. The molecule has 0 radical (unpaired) electrons. The summed E-state index contributed by atoms with van der Waals surface area (Å²) in [5.41, 5.74) is 2.76. The zero-order chi connectivity index (χ0) is 17.0. The molecule has 7 heteroatoms. The number of nitrogens with zero attached hydrogens (tertiary/aromatic N) is 1. The van der Waals surface area contributed by atoms with Crippen LogP contribution in [0, 0.1) is 0 Å². The number of benzene rings is 2. The largest absolute Gasteiger partial charge is 0.465 e. The minimum absolute atomic E-state index is 0.370. The van der Waals surface area contributed by atoms with Gasteiger partial charge < -0.3 is 14.6 Å². The number of hydrogen-bond donors (Lipinski definition) is 1. The van der Waals surface area contributed by atoms with Crippen molar-refractivity contribution in [3.05, 3.63) is 52.0 Å². The van der Waals surface area contributed by atoms with Crippen molar-refractivity contribution in [2.45, 2.75) is 6.82 Å². The maximum absolute atomic E-state index is 11.6. The predicted molar refractivity (Wildman–Crippen MR) is 99.2 cm³/mol. The summed E-state index contributed by atoms with van der Waals surface area (Å²) in [5.74, 6) is -0.370. The summed E-state index contributed by atoms with van der Waals surface area (Å²) in [7, 11) is 0.683. The van der Waals surface area contributed by atoms with Gasteiger partial charge in [-0.3, -0.25) is 0 Å². The molecule has 2 rings (SSSR count). The molecule has 0 aliphatic heterocycles. The molecule has 2 aromatic carbocycles. The number of ether oxygens (including phenoxy) is 1. The van der Waals surface area contributed by atoms with Crippen LogP contribution in [0.3, 0.4) is 0 Å². The van der Waals surface area contributed by atoms with E-state index >= 15 is 0 Å². The van der Waals surface area contributed by atoms with Crippen LogP contribution < -0.4 is 4.81 Å². The molecule has 120 valence electrons. The average Bonchev–Trinajstić information content (AvgIpc) is 2.55. The Kier molecular flexibility index (Phi) is 6.10. The second-order valence-electron chi connectivity index (χ2n) is 4.97. The Labute approximate surface area is 148 Å². The molecule has 0 aliphatic rings. The lowest BCUT2D eigenvalue weighted by Gasteiger charge is -2.26. The van der Waals surface area contributed by atoms with Crippen molar-refractivity contribution in [3.8, 4) is 0 Å². The second-order valence-corrected chi connectivity index (χ2v) is 6.02. The molecule has 0 spiro atoms. The van der Waals surface area contributed by atoms with E-state index in [9.17, 15) is 9.82 Å². The van der Waals surface area contributed by atoms with Gasteiger partial charge in [-0.2, -0.15) is 0 Å². The van der Waals surface area contributed by atoms with E-state index in [2.05, 4.69) is 15.9 Å². The van der Waals surface area contributed by atoms with Crippen LogP contribution in [-0.2, 0) is 4.74 Å². The van der Waals surface area contributed by atoms with E-state index in [4.69, 9.17) is 16.3 Å². The SMILES string of the molecule is COC(=O)c1ccc2c(Br)c(N(CC=CCl)B(C)O)ccc2c1. The van der Waals surface area contributed by atoms with E-state index in [1.165, 1.54) is 12.6 Å². The molecule has 0 amide bonds. The molecule has 0 aromatic heterocycles. The van der Waals surface area contributed by atoms with Gasteiger partial charge in [0.1, 0.15) is 0 Å². The first-order valence-corrected chi connectivity index (χ1v) is 8.23. The van der Waals surface area contributed by atoms with E-state index in [0.29, 0.717) is 12.1 Å². The predicted octanol–water partition coefficient (Wildman–Crippen LogP) is 4.06. The molecule has 1 N–H and O–H groups in total. The highest BCUT2D eigenvalue weighted by molar-refractivity contribution is 9.10. The minimum Gasteiger partial charge on any atom is -0.465 e. The monoisotopic (exact) mass is 395 g/mol. The number of fused-ring (bicyclic) bond motifs is 1. The number of anilines is 1. The Morgan fingerprint density at radius 1 is 1.43 bits per heavy atom. The van der Waals surface area contributed by atoms with Crippen LogP contribution in [0.25, 0.3) is 10.8 Å². The molecule has 2 aromatic rings. The summed E-state index contributed by atoms with van der Waals surface area (Å²) in [6.07, 6.45) is 1.76. The third-order valence-electron chi connectivity index (χ3n) is 3.51. The van der Waals surface area contributed by atoms with Crippen molar-refractivity contribution in [3.63, 3.8) is 0 Å². The molecule has 0 fully saturated rings. The highest BCUT2D eigenvalue weighted by Gasteiger charge is 2.19. The standard InChI is InChI=1S/C16H16BBrClNO3/c1-17(22)20(9-3-8-19)14-7-5-11-10-12(16(21)23-2)4-6-13(11)15(14)18/h3-8,10,22H,9H2,1-2H3. The van der Waals surface area contributed by atoms with Gasteiger partial charge >= 0.3 is 13.0 Å². The first kappa shape index (κ1) is 17.9. The molecule has 23 heavy (non-hydrogen) atoms. The van der Waals surface area contributed by atoms with E-state index in [0.717, 1.165) is 20.9 Å². The van der Waals surface area contributed by atoms with Crippen LogP contribution in [0.5, 0.6) is 0 Å². The number of hydrogen-bond acceptors (Lipinski definition) is 4. The minimum atomic E-state index is -0.675. The molecular weight excluding hydrogens is 380 g/mol. The fraction of sp³-hybridized carbons (Fsp3) is 0.188. The number of carbonyl (C=O) groups is 1. The topological polar surface area (TPSA) is 49.8 Å². The zero-order valence-corrected chi connectivity index (χ0v) is 15.1. The van der Waals surface area contributed by atoms with Crippen LogP contribution in [-0.4, -0.2) is 31.7 Å². The van der Waals surface area contributed by atoms with Gasteiger partial charge in [0.15, 0.2) is 0 Å². The fourth-order valence-corrected chi connectivity index (χ4v) is 3.15. The highest BCUT2D eigenvalue weighted by Crippen LogP contribution is 2.34. The van der Waals surface area contributed by atoms with Gasteiger partial charge in [-0.05, 0) is 51.7 Å². The van der Waals surface area contributed by atoms with E-state index < -0.39 is 7.05 Å². The van der Waals surface area contributed by atoms with Crippen molar-refractivity contribution in [1.82, 2.24) is 0 Å². The fourth-order valence-electron chi connectivity index (χ4n) is 2.35. The Bertz CT molecular complexity index is 751. The maximum atomic E-state index is 11.6. The first-order valence-electron chi connectivity index (χ1n) is 7.00. The molecule has 0 bridgehead atoms. The smallest absolute Gasteiger partial charge is 0.409 e. The molecule has 0 heterocycles. The first-order chi connectivity index (χ1) is 11.0. The number of halogens is 2. The van der Waals surface area contributed by atoms with Gasteiger partial charge in [-0.25, -0.2) is 4.79 Å². The van der Waals surface area contributed by atoms with E-state index in [-0.39, 0.29) is 5.97 Å². The van der Waals surface area contributed by atoms with Crippen molar-refractivity contribution < 1.29 is 14.6 Å². The van der Waals surface area contributed by atoms with Crippen molar-refractivity contribution in [1.29, 1.82) is 0 Å². The van der Waals surface area contributed by atoms with Crippen LogP contribution in [0.4, 0.5) is 5.69 Å². The average molecular weight is 396 g/mol. The lowest BCUT2D eigenvalue weighted by Crippen LogP contribution is -2.37. The molecule has 0 saturated carbocycles. The quantitative estimate of drug-likeness (QED) is 0.612. The van der Waals surface area contributed by atoms with Crippen LogP contribution in [0.15, 0.2) is 46.4 Å². The van der Waals surface area contributed by atoms with Crippen LogP contribution in [0.2, 0.25) is 6.82 Å². The van der Waals surface area contributed by atoms with Gasteiger partial charge in [-0.15, -0.1) is 0 Å². The molecular formula is C16H16BBrClNO3. The Balaban J connectivity index is 2.51. The number of esters is 1. The Morgan fingerprint density at radius 3 is 2.78 bits per heavy atom. The summed E-state index contributed by atoms with van der Waals surface area (Å²) in [4.78, 5) is 13.4. The van der Waals surface area contributed by atoms with Crippen molar-refractivity contribution >= 4 is 57.0 Å². The number of rotatable bonds is 5. The molecule has 0 aliphatic carbocycles. The Hall–Kier alpha value is -1.50. The van der Waals surface area contributed by atoms with Gasteiger partial charge in [0.05, 0.1) is 12.7 Å². The van der Waals surface area contributed by atoms with Gasteiger partial charge in [0, 0.05) is 22.2 Å². The Morgan fingerprint density at radius 2 is 2.17 bits per heavy atom. The van der Waals surface area contributed by atoms with E-state index in [1.54, 1.807) is 29.8 Å². The zero-order valence-electron chi connectivity index (χ0n) is 12.8. The van der Waals surface area contributed by atoms with Gasteiger partial charge in [0.25, 0.3) is 0 Å². The molecule has 4 nitrogen and oxygen atoms in total. The summed E-state index contributed by atoms with van der Waals surface area (Å²) < 4.78 is 5.58. The van der Waals surface area contributed by atoms with Crippen molar-refractivity contribution in [2.75, 3.05) is 18.5 Å². The third kappa shape index (κ3) is 3.89. The highest BCUT2D eigenvalue weighted by atomic mass is 79.9. The second kappa shape index (κ2) is 7.86. The molecule has 0 unspecified atom stereocenters. The number of methoxy groups -OCH3 is 1. The normalized spacial score (nSPS) is 11.0. The van der Waals surface area contributed by atoms with Gasteiger partial charge in [-0.1, -0.05) is 29.8 Å². The summed E-state index contributed by atoms with van der Waals surface area (Å²) >= 11 is 9.18. The summed E-state index contributed by atoms with van der Waals surface area (Å²) in [6, 6.07) is 9.14. The number of carbonyl (C=O) groups excluding carboxylic acids is 1. The molecule has 0 atom stereocenters.